The van der Waals surface area contributed by atoms with E-state index in [-0.39, 0.29) is 11.9 Å². The van der Waals surface area contributed by atoms with Gasteiger partial charge in [0.05, 0.1) is 6.04 Å². The fraction of sp³-hybridized carbons (Fsp3) is 0.500. The summed E-state index contributed by atoms with van der Waals surface area (Å²) in [6, 6.07) is 0.0812. The van der Waals surface area contributed by atoms with Crippen molar-refractivity contribution >= 4 is 17.2 Å². The molecule has 1 atom stereocenters. The smallest absolute Gasteiger partial charge is 0.276 e. The van der Waals surface area contributed by atoms with Crippen LogP contribution in [0.1, 0.15) is 53.5 Å². The van der Waals surface area contributed by atoms with Crippen LogP contribution in [0.25, 0.3) is 0 Å². The molecule has 20 heavy (non-hydrogen) atoms. The molecule has 106 valence electrons. The van der Waals surface area contributed by atoms with Crippen LogP contribution in [0.2, 0.25) is 0 Å². The van der Waals surface area contributed by atoms with E-state index >= 15 is 0 Å². The first-order valence-electron chi connectivity index (χ1n) is 6.94. The van der Waals surface area contributed by atoms with E-state index in [2.05, 4.69) is 9.97 Å². The van der Waals surface area contributed by atoms with Gasteiger partial charge in [0.15, 0.2) is 12.1 Å². The van der Waals surface area contributed by atoms with Gasteiger partial charge in [-0.3, -0.25) is 4.79 Å². The number of rotatable bonds is 3. The van der Waals surface area contributed by atoms with E-state index in [1.54, 1.807) is 17.5 Å². The first-order valence-corrected chi connectivity index (χ1v) is 7.82. The minimum absolute atomic E-state index is 0.0319. The van der Waals surface area contributed by atoms with E-state index < -0.39 is 0 Å². The molecule has 0 saturated carbocycles. The van der Waals surface area contributed by atoms with E-state index in [0.717, 1.165) is 30.8 Å². The predicted octanol–water partition coefficient (Wildman–Crippen LogP) is 3.06. The van der Waals surface area contributed by atoms with Crippen LogP contribution in [0.4, 0.5) is 0 Å². The van der Waals surface area contributed by atoms with Gasteiger partial charge in [0.25, 0.3) is 5.91 Å². The van der Waals surface area contributed by atoms with Gasteiger partial charge in [0.2, 0.25) is 0 Å². The number of thiazole rings is 1. The minimum Gasteiger partial charge on any atom is -0.448 e. The Morgan fingerprint density at radius 3 is 3.15 bits per heavy atom. The van der Waals surface area contributed by atoms with Crippen LogP contribution in [0.3, 0.4) is 0 Å². The van der Waals surface area contributed by atoms with E-state index in [9.17, 15) is 4.79 Å². The molecule has 6 heteroatoms. The molecule has 0 unspecified atom stereocenters. The molecule has 0 bridgehead atoms. The van der Waals surface area contributed by atoms with Crippen molar-refractivity contribution in [2.24, 2.45) is 0 Å². The highest BCUT2D eigenvalue weighted by Gasteiger charge is 2.32. The molecule has 0 aromatic carbocycles. The Hall–Kier alpha value is -1.69. The van der Waals surface area contributed by atoms with Crippen molar-refractivity contribution in [2.45, 2.75) is 38.6 Å². The van der Waals surface area contributed by atoms with E-state index in [1.807, 2.05) is 17.2 Å². The van der Waals surface area contributed by atoms with Crippen LogP contribution in [0.5, 0.6) is 0 Å². The molecule has 3 rings (SSSR count). The number of likely N-dealkylation sites (tertiary alicyclic amines) is 1. The number of aryl methyl sites for hydroxylation is 1. The highest BCUT2D eigenvalue weighted by atomic mass is 32.1. The molecule has 1 aliphatic heterocycles. The van der Waals surface area contributed by atoms with Crippen molar-refractivity contribution < 1.29 is 9.21 Å². The van der Waals surface area contributed by atoms with Crippen LogP contribution in [0, 0.1) is 0 Å². The maximum absolute atomic E-state index is 12.7. The van der Waals surface area contributed by atoms with E-state index in [1.165, 1.54) is 6.39 Å². The van der Waals surface area contributed by atoms with Gasteiger partial charge in [-0.2, -0.15) is 0 Å². The molecular weight excluding hydrogens is 274 g/mol. The number of nitrogens with zero attached hydrogens (tertiary/aromatic N) is 3. The van der Waals surface area contributed by atoms with Crippen LogP contribution in [-0.2, 0) is 6.42 Å². The summed E-state index contributed by atoms with van der Waals surface area (Å²) in [6.45, 7) is 2.73. The second-order valence-electron chi connectivity index (χ2n) is 4.86. The molecule has 1 fully saturated rings. The topological polar surface area (TPSA) is 59.2 Å². The van der Waals surface area contributed by atoms with Crippen LogP contribution >= 0.6 is 11.3 Å². The minimum atomic E-state index is -0.0319. The standard InChI is InChI=1S/C14H17N3O2S/c1-2-11-12(16-9-19-11)14(18)17-7-4-3-5-10(17)13-15-6-8-20-13/h6,8-10H,2-5,7H2,1H3/t10-/m1/s1. The third-order valence-corrected chi connectivity index (χ3v) is 4.54. The van der Waals surface area contributed by atoms with Crippen LogP contribution in [-0.4, -0.2) is 27.3 Å². The third-order valence-electron chi connectivity index (χ3n) is 3.66. The molecule has 0 aliphatic carbocycles. The highest BCUT2D eigenvalue weighted by Crippen LogP contribution is 2.33. The summed E-state index contributed by atoms with van der Waals surface area (Å²) in [5, 5.41) is 2.97. The number of aromatic nitrogens is 2. The zero-order valence-corrected chi connectivity index (χ0v) is 12.2. The number of carbonyl (C=O) groups excluding carboxylic acids is 1. The fourth-order valence-electron chi connectivity index (χ4n) is 2.66. The van der Waals surface area contributed by atoms with Gasteiger partial charge in [-0.1, -0.05) is 6.92 Å². The van der Waals surface area contributed by atoms with Crippen LogP contribution in [0.15, 0.2) is 22.4 Å². The van der Waals surface area contributed by atoms with E-state index in [0.29, 0.717) is 17.9 Å². The number of piperidine rings is 1. The number of carbonyl (C=O) groups is 1. The number of hydrogen-bond acceptors (Lipinski definition) is 5. The zero-order chi connectivity index (χ0) is 13.9. The lowest BCUT2D eigenvalue weighted by molar-refractivity contribution is 0.0603. The van der Waals surface area contributed by atoms with Gasteiger partial charge in [0.1, 0.15) is 10.8 Å². The van der Waals surface area contributed by atoms with Crippen LogP contribution < -0.4 is 0 Å². The molecule has 0 spiro atoms. The molecular formula is C14H17N3O2S. The lowest BCUT2D eigenvalue weighted by atomic mass is 10.0. The molecule has 2 aromatic rings. The van der Waals surface area contributed by atoms with Crippen molar-refractivity contribution in [3.05, 3.63) is 34.4 Å². The van der Waals surface area contributed by atoms with Gasteiger partial charge < -0.3 is 9.32 Å². The summed E-state index contributed by atoms with van der Waals surface area (Å²) in [5.74, 6) is 0.633. The third kappa shape index (κ3) is 2.35. The monoisotopic (exact) mass is 291 g/mol. The molecule has 0 radical (unpaired) electrons. The van der Waals surface area contributed by atoms with Crippen molar-refractivity contribution in [1.82, 2.24) is 14.9 Å². The van der Waals surface area contributed by atoms with Crippen molar-refractivity contribution in [3.8, 4) is 0 Å². The zero-order valence-electron chi connectivity index (χ0n) is 11.4. The predicted molar refractivity (Wildman–Crippen MR) is 75.6 cm³/mol. The number of hydrogen-bond donors (Lipinski definition) is 0. The van der Waals surface area contributed by atoms with Gasteiger partial charge in [-0.15, -0.1) is 11.3 Å². The largest absolute Gasteiger partial charge is 0.448 e. The number of amides is 1. The first kappa shape index (κ1) is 13.3. The van der Waals surface area contributed by atoms with Gasteiger partial charge in [-0.05, 0) is 19.3 Å². The summed E-state index contributed by atoms with van der Waals surface area (Å²) in [4.78, 5) is 23.1. The Kier molecular flexibility index (Phi) is 3.82. The Balaban J connectivity index is 1.88. The first-order chi connectivity index (χ1) is 9.81. The molecule has 1 saturated heterocycles. The Morgan fingerprint density at radius 1 is 1.50 bits per heavy atom. The lowest BCUT2D eigenvalue weighted by Crippen LogP contribution is -2.39. The number of oxazole rings is 1. The second-order valence-corrected chi connectivity index (χ2v) is 5.78. The molecule has 2 aromatic heterocycles. The average Bonchev–Trinajstić information content (AvgIpc) is 3.17. The maximum atomic E-state index is 12.7. The Bertz CT molecular complexity index is 579. The summed E-state index contributed by atoms with van der Waals surface area (Å²) in [5.41, 5.74) is 0.455. The van der Waals surface area contributed by atoms with Crippen molar-refractivity contribution in [2.75, 3.05) is 6.54 Å². The highest BCUT2D eigenvalue weighted by molar-refractivity contribution is 7.09. The summed E-state index contributed by atoms with van der Waals surface area (Å²) in [6.07, 6.45) is 6.97. The van der Waals surface area contributed by atoms with E-state index in [4.69, 9.17) is 4.42 Å². The SMILES string of the molecule is CCc1ocnc1C(=O)N1CCCC[C@@H]1c1nccs1. The summed E-state index contributed by atoms with van der Waals surface area (Å²) in [7, 11) is 0. The Labute approximate surface area is 121 Å². The van der Waals surface area contributed by atoms with Gasteiger partial charge >= 0.3 is 0 Å². The molecule has 5 nitrogen and oxygen atoms in total. The summed E-state index contributed by atoms with van der Waals surface area (Å²) < 4.78 is 5.28. The van der Waals surface area contributed by atoms with Crippen molar-refractivity contribution in [3.63, 3.8) is 0 Å². The quantitative estimate of drug-likeness (QED) is 0.872. The van der Waals surface area contributed by atoms with Crippen molar-refractivity contribution in [1.29, 1.82) is 0 Å². The van der Waals surface area contributed by atoms with Gasteiger partial charge in [-0.25, -0.2) is 9.97 Å². The summed E-state index contributed by atoms with van der Waals surface area (Å²) >= 11 is 1.61. The molecule has 1 aliphatic rings. The fourth-order valence-corrected chi connectivity index (χ4v) is 3.45. The molecule has 0 N–H and O–H groups in total. The molecule has 1 amide bonds. The normalized spacial score (nSPS) is 19.2. The Morgan fingerprint density at radius 2 is 2.40 bits per heavy atom. The second kappa shape index (κ2) is 5.75. The average molecular weight is 291 g/mol. The molecule has 3 heterocycles. The van der Waals surface area contributed by atoms with Gasteiger partial charge in [0, 0.05) is 24.5 Å². The maximum Gasteiger partial charge on any atom is 0.276 e. The lowest BCUT2D eigenvalue weighted by Gasteiger charge is -2.34.